The lowest BCUT2D eigenvalue weighted by Gasteiger charge is -2.10. The van der Waals surface area contributed by atoms with E-state index in [2.05, 4.69) is 17.1 Å². The molecule has 0 fully saturated rings. The number of aromatic nitrogens is 2. The minimum Gasteiger partial charge on any atom is -0.478 e. The van der Waals surface area contributed by atoms with E-state index in [9.17, 15) is 9.90 Å². The molecule has 0 saturated carbocycles. The van der Waals surface area contributed by atoms with Crippen LogP contribution in [0.1, 0.15) is 27.3 Å². The number of benzene rings is 2. The molecule has 4 heteroatoms. The average Bonchev–Trinajstić information content (AvgIpc) is 2.96. The third-order valence-corrected chi connectivity index (χ3v) is 3.60. The molecule has 0 bridgehead atoms. The van der Waals surface area contributed by atoms with Crippen LogP contribution in [0.4, 0.5) is 0 Å². The molecule has 1 heterocycles. The summed E-state index contributed by atoms with van der Waals surface area (Å²) < 4.78 is 1.99. The fraction of sp³-hybridized carbons (Fsp3) is 0.111. The standard InChI is InChI=1S/C18H16N2O2/c21-18(22)16-9-5-4-8-15(16)13-20-11-10-19-17(20)12-14-6-2-1-3-7-14/h1-11H,12-13H2,(H,21,22). The number of carboxylic acids is 1. The van der Waals surface area contributed by atoms with Gasteiger partial charge in [0, 0.05) is 25.4 Å². The molecule has 0 spiro atoms. The highest BCUT2D eigenvalue weighted by Gasteiger charge is 2.11. The van der Waals surface area contributed by atoms with Gasteiger partial charge in [-0.15, -0.1) is 0 Å². The van der Waals surface area contributed by atoms with Crippen molar-refractivity contribution >= 4 is 5.97 Å². The minimum absolute atomic E-state index is 0.335. The zero-order valence-corrected chi connectivity index (χ0v) is 12.0. The first-order valence-corrected chi connectivity index (χ1v) is 7.09. The van der Waals surface area contributed by atoms with Gasteiger partial charge in [0.2, 0.25) is 0 Å². The number of hydrogen-bond donors (Lipinski definition) is 1. The van der Waals surface area contributed by atoms with Gasteiger partial charge >= 0.3 is 5.97 Å². The van der Waals surface area contributed by atoms with Crippen molar-refractivity contribution in [2.24, 2.45) is 0 Å². The Hall–Kier alpha value is -2.88. The third-order valence-electron chi connectivity index (χ3n) is 3.60. The molecular formula is C18H16N2O2. The van der Waals surface area contributed by atoms with Gasteiger partial charge < -0.3 is 9.67 Å². The summed E-state index contributed by atoms with van der Waals surface area (Å²) in [5, 5.41) is 9.27. The van der Waals surface area contributed by atoms with E-state index in [-0.39, 0.29) is 0 Å². The number of nitrogens with zero attached hydrogens (tertiary/aromatic N) is 2. The second-order valence-electron chi connectivity index (χ2n) is 5.10. The number of hydrogen-bond acceptors (Lipinski definition) is 2. The van der Waals surface area contributed by atoms with Crippen LogP contribution in [0.15, 0.2) is 67.0 Å². The van der Waals surface area contributed by atoms with E-state index in [0.717, 1.165) is 17.8 Å². The zero-order chi connectivity index (χ0) is 15.4. The summed E-state index contributed by atoms with van der Waals surface area (Å²) in [6.45, 7) is 0.505. The summed E-state index contributed by atoms with van der Waals surface area (Å²) in [4.78, 5) is 15.7. The van der Waals surface area contributed by atoms with Crippen molar-refractivity contribution in [3.05, 3.63) is 89.5 Å². The molecule has 0 unspecified atom stereocenters. The molecule has 0 saturated heterocycles. The van der Waals surface area contributed by atoms with E-state index in [4.69, 9.17) is 0 Å². The first-order chi connectivity index (χ1) is 10.7. The Kier molecular flexibility index (Phi) is 4.01. The van der Waals surface area contributed by atoms with Crippen molar-refractivity contribution in [2.45, 2.75) is 13.0 Å². The Labute approximate surface area is 128 Å². The second kappa shape index (κ2) is 6.26. The Morgan fingerprint density at radius 2 is 1.77 bits per heavy atom. The molecule has 4 nitrogen and oxygen atoms in total. The van der Waals surface area contributed by atoms with Crippen molar-refractivity contribution in [1.29, 1.82) is 0 Å². The number of aromatic carboxylic acids is 1. The molecule has 0 aliphatic heterocycles. The summed E-state index contributed by atoms with van der Waals surface area (Å²) >= 11 is 0. The van der Waals surface area contributed by atoms with Crippen molar-refractivity contribution in [3.63, 3.8) is 0 Å². The molecule has 0 radical (unpaired) electrons. The molecule has 110 valence electrons. The second-order valence-corrected chi connectivity index (χ2v) is 5.10. The van der Waals surface area contributed by atoms with E-state index in [1.807, 2.05) is 41.1 Å². The van der Waals surface area contributed by atoms with E-state index in [0.29, 0.717) is 12.1 Å². The smallest absolute Gasteiger partial charge is 0.336 e. The SMILES string of the molecule is O=C(O)c1ccccc1Cn1ccnc1Cc1ccccc1. The van der Waals surface area contributed by atoms with Gasteiger partial charge in [0.1, 0.15) is 5.82 Å². The predicted molar refractivity (Wildman–Crippen MR) is 84.0 cm³/mol. The summed E-state index contributed by atoms with van der Waals surface area (Å²) in [5.41, 5.74) is 2.30. The molecule has 1 N–H and O–H groups in total. The van der Waals surface area contributed by atoms with Gasteiger partial charge in [-0.1, -0.05) is 48.5 Å². The van der Waals surface area contributed by atoms with Crippen LogP contribution < -0.4 is 0 Å². The van der Waals surface area contributed by atoms with Crippen LogP contribution in [0.3, 0.4) is 0 Å². The summed E-state index contributed by atoms with van der Waals surface area (Å²) in [7, 11) is 0. The van der Waals surface area contributed by atoms with Crippen LogP contribution in [0.2, 0.25) is 0 Å². The molecule has 22 heavy (non-hydrogen) atoms. The van der Waals surface area contributed by atoms with Gasteiger partial charge in [0.15, 0.2) is 0 Å². The summed E-state index contributed by atoms with van der Waals surface area (Å²) in [6, 6.07) is 17.2. The molecular weight excluding hydrogens is 276 g/mol. The Morgan fingerprint density at radius 1 is 1.05 bits per heavy atom. The lowest BCUT2D eigenvalue weighted by atomic mass is 10.1. The normalized spacial score (nSPS) is 10.5. The Bertz CT molecular complexity index is 779. The number of rotatable bonds is 5. The number of carbonyl (C=O) groups is 1. The molecule has 0 amide bonds. The molecule has 0 aliphatic rings. The molecule has 0 aliphatic carbocycles. The average molecular weight is 292 g/mol. The Balaban J connectivity index is 1.86. The molecule has 3 rings (SSSR count). The van der Waals surface area contributed by atoms with E-state index in [1.165, 1.54) is 5.56 Å². The fourth-order valence-electron chi connectivity index (χ4n) is 2.48. The van der Waals surface area contributed by atoms with Gasteiger partial charge in [-0.2, -0.15) is 0 Å². The zero-order valence-electron chi connectivity index (χ0n) is 12.0. The monoisotopic (exact) mass is 292 g/mol. The highest BCUT2D eigenvalue weighted by atomic mass is 16.4. The maximum absolute atomic E-state index is 11.3. The van der Waals surface area contributed by atoms with Gasteiger partial charge in [0.05, 0.1) is 5.56 Å². The number of imidazole rings is 1. The topological polar surface area (TPSA) is 55.1 Å². The van der Waals surface area contributed by atoms with Crippen LogP contribution in [0.25, 0.3) is 0 Å². The highest BCUT2D eigenvalue weighted by Crippen LogP contribution is 2.14. The van der Waals surface area contributed by atoms with Crippen LogP contribution in [0, 0.1) is 0 Å². The fourth-order valence-corrected chi connectivity index (χ4v) is 2.48. The van der Waals surface area contributed by atoms with E-state index >= 15 is 0 Å². The van der Waals surface area contributed by atoms with Gasteiger partial charge in [-0.05, 0) is 17.2 Å². The van der Waals surface area contributed by atoms with Crippen LogP contribution in [-0.2, 0) is 13.0 Å². The summed E-state index contributed by atoms with van der Waals surface area (Å²) in [6.07, 6.45) is 4.36. The Morgan fingerprint density at radius 3 is 2.55 bits per heavy atom. The van der Waals surface area contributed by atoms with Crippen molar-refractivity contribution < 1.29 is 9.90 Å². The van der Waals surface area contributed by atoms with Crippen LogP contribution in [-0.4, -0.2) is 20.6 Å². The highest BCUT2D eigenvalue weighted by molar-refractivity contribution is 5.89. The van der Waals surface area contributed by atoms with Crippen molar-refractivity contribution in [2.75, 3.05) is 0 Å². The quantitative estimate of drug-likeness (QED) is 0.785. The third kappa shape index (κ3) is 3.06. The maximum atomic E-state index is 11.3. The van der Waals surface area contributed by atoms with Crippen molar-refractivity contribution in [1.82, 2.24) is 9.55 Å². The van der Waals surface area contributed by atoms with Crippen LogP contribution in [0.5, 0.6) is 0 Å². The van der Waals surface area contributed by atoms with Crippen molar-refractivity contribution in [3.8, 4) is 0 Å². The largest absolute Gasteiger partial charge is 0.478 e. The molecule has 0 atom stereocenters. The first kappa shape index (κ1) is 14.1. The predicted octanol–water partition coefficient (Wildman–Crippen LogP) is 3.22. The maximum Gasteiger partial charge on any atom is 0.336 e. The molecule has 3 aromatic rings. The lowest BCUT2D eigenvalue weighted by Crippen LogP contribution is -2.09. The minimum atomic E-state index is -0.902. The first-order valence-electron chi connectivity index (χ1n) is 7.09. The van der Waals surface area contributed by atoms with E-state index in [1.54, 1.807) is 18.3 Å². The molecule has 1 aromatic heterocycles. The van der Waals surface area contributed by atoms with Gasteiger partial charge in [-0.3, -0.25) is 0 Å². The summed E-state index contributed by atoms with van der Waals surface area (Å²) in [5.74, 6) is 0.0201. The number of carboxylic acid groups (broad SMARTS) is 1. The van der Waals surface area contributed by atoms with Gasteiger partial charge in [-0.25, -0.2) is 9.78 Å². The lowest BCUT2D eigenvalue weighted by molar-refractivity contribution is 0.0695. The van der Waals surface area contributed by atoms with E-state index < -0.39 is 5.97 Å². The van der Waals surface area contributed by atoms with Gasteiger partial charge in [0.25, 0.3) is 0 Å². The van der Waals surface area contributed by atoms with Crippen LogP contribution >= 0.6 is 0 Å². The molecule has 2 aromatic carbocycles.